The number of thiazole rings is 1. The van der Waals surface area contributed by atoms with E-state index in [0.717, 1.165) is 32.5 Å². The molecule has 0 aliphatic carbocycles. The van der Waals surface area contributed by atoms with Crippen molar-refractivity contribution in [2.45, 2.75) is 51.7 Å². The van der Waals surface area contributed by atoms with Gasteiger partial charge in [0.25, 0.3) is 0 Å². The molecule has 1 saturated heterocycles. The molecule has 0 radical (unpaired) electrons. The normalized spacial score (nSPS) is 19.8. The van der Waals surface area contributed by atoms with Gasteiger partial charge in [-0.1, -0.05) is 20.8 Å². The van der Waals surface area contributed by atoms with Crippen LogP contribution in [0.1, 0.15) is 44.3 Å². The number of aromatic nitrogens is 1. The van der Waals surface area contributed by atoms with Crippen LogP contribution in [-0.2, 0) is 12.0 Å². The van der Waals surface area contributed by atoms with E-state index in [-0.39, 0.29) is 11.5 Å². The molecular weight excluding hydrogens is 232 g/mol. The molecule has 1 aliphatic heterocycles. The van der Waals surface area contributed by atoms with Crippen molar-refractivity contribution in [3.63, 3.8) is 0 Å². The largest absolute Gasteiger partial charge is 0.393 e. The lowest BCUT2D eigenvalue weighted by Crippen LogP contribution is -2.35. The molecule has 17 heavy (non-hydrogen) atoms. The van der Waals surface area contributed by atoms with Crippen molar-refractivity contribution in [1.29, 1.82) is 0 Å². The van der Waals surface area contributed by atoms with Crippen molar-refractivity contribution in [1.82, 2.24) is 9.88 Å². The van der Waals surface area contributed by atoms with E-state index >= 15 is 0 Å². The lowest BCUT2D eigenvalue weighted by Gasteiger charge is -2.28. The van der Waals surface area contributed by atoms with Gasteiger partial charge in [0, 0.05) is 30.4 Å². The van der Waals surface area contributed by atoms with Crippen LogP contribution in [0.15, 0.2) is 5.38 Å². The monoisotopic (exact) mass is 254 g/mol. The Morgan fingerprint density at radius 1 is 1.41 bits per heavy atom. The van der Waals surface area contributed by atoms with Gasteiger partial charge in [0.15, 0.2) is 0 Å². The van der Waals surface area contributed by atoms with E-state index < -0.39 is 0 Å². The Morgan fingerprint density at radius 3 is 2.59 bits per heavy atom. The van der Waals surface area contributed by atoms with Crippen LogP contribution < -0.4 is 0 Å². The summed E-state index contributed by atoms with van der Waals surface area (Å²) in [6, 6.07) is 0. The molecule has 1 aliphatic rings. The fourth-order valence-corrected chi connectivity index (χ4v) is 2.93. The zero-order valence-electron chi connectivity index (χ0n) is 10.9. The molecule has 0 atom stereocenters. The molecule has 4 heteroatoms. The number of hydrogen-bond acceptors (Lipinski definition) is 4. The van der Waals surface area contributed by atoms with Crippen molar-refractivity contribution in [3.05, 3.63) is 16.1 Å². The number of rotatable bonds is 2. The maximum Gasteiger partial charge on any atom is 0.0982 e. The van der Waals surface area contributed by atoms with E-state index in [1.54, 1.807) is 11.3 Å². The molecule has 2 heterocycles. The summed E-state index contributed by atoms with van der Waals surface area (Å²) in [7, 11) is 0. The lowest BCUT2D eigenvalue weighted by molar-refractivity contribution is 0.0787. The lowest BCUT2D eigenvalue weighted by atomic mass is 9.98. The first kappa shape index (κ1) is 13.0. The number of aliphatic hydroxyl groups excluding tert-OH is 1. The van der Waals surface area contributed by atoms with Gasteiger partial charge < -0.3 is 5.11 Å². The van der Waals surface area contributed by atoms with Crippen molar-refractivity contribution in [3.8, 4) is 0 Å². The van der Waals surface area contributed by atoms with Crippen molar-refractivity contribution in [2.75, 3.05) is 13.1 Å². The second-order valence-corrected chi connectivity index (χ2v) is 6.76. The summed E-state index contributed by atoms with van der Waals surface area (Å²) >= 11 is 1.76. The summed E-state index contributed by atoms with van der Waals surface area (Å²) in [5.41, 5.74) is 1.33. The third-order valence-electron chi connectivity index (χ3n) is 3.14. The van der Waals surface area contributed by atoms with Gasteiger partial charge in [-0.15, -0.1) is 11.3 Å². The second kappa shape index (κ2) is 5.04. The molecule has 1 aromatic heterocycles. The summed E-state index contributed by atoms with van der Waals surface area (Å²) in [4.78, 5) is 7.09. The average molecular weight is 254 g/mol. The molecule has 0 aromatic carbocycles. The number of hydrogen-bond donors (Lipinski definition) is 1. The van der Waals surface area contributed by atoms with Gasteiger partial charge in [-0.25, -0.2) is 4.98 Å². The van der Waals surface area contributed by atoms with E-state index in [1.165, 1.54) is 10.7 Å². The van der Waals surface area contributed by atoms with Gasteiger partial charge in [-0.2, -0.15) is 0 Å². The minimum atomic E-state index is -0.0909. The average Bonchev–Trinajstić information content (AvgIpc) is 2.69. The van der Waals surface area contributed by atoms with Crippen LogP contribution in [0.3, 0.4) is 0 Å². The molecular formula is C13H22N2OS. The highest BCUT2D eigenvalue weighted by Gasteiger charge is 2.20. The van der Waals surface area contributed by atoms with E-state index in [4.69, 9.17) is 4.98 Å². The minimum absolute atomic E-state index is 0.0909. The Bertz CT molecular complexity index is 362. The van der Waals surface area contributed by atoms with Crippen LogP contribution in [0.2, 0.25) is 0 Å². The molecule has 96 valence electrons. The van der Waals surface area contributed by atoms with Crippen LogP contribution in [-0.4, -0.2) is 34.2 Å². The molecule has 0 amide bonds. The summed E-state index contributed by atoms with van der Waals surface area (Å²) in [6.07, 6.45) is 1.71. The Morgan fingerprint density at radius 2 is 2.06 bits per heavy atom. The zero-order valence-corrected chi connectivity index (χ0v) is 11.8. The summed E-state index contributed by atoms with van der Waals surface area (Å²) in [5.74, 6) is 0. The third kappa shape index (κ3) is 3.50. The number of piperidine rings is 1. The summed E-state index contributed by atoms with van der Waals surface area (Å²) in [5, 5.41) is 12.8. The topological polar surface area (TPSA) is 36.4 Å². The predicted molar refractivity (Wildman–Crippen MR) is 71.3 cm³/mol. The van der Waals surface area contributed by atoms with Crippen molar-refractivity contribution >= 4 is 11.3 Å². The zero-order chi connectivity index (χ0) is 12.5. The van der Waals surface area contributed by atoms with Crippen molar-refractivity contribution in [2.24, 2.45) is 0 Å². The van der Waals surface area contributed by atoms with Crippen LogP contribution in [0.5, 0.6) is 0 Å². The van der Waals surface area contributed by atoms with Crippen molar-refractivity contribution < 1.29 is 5.11 Å². The van der Waals surface area contributed by atoms with Gasteiger partial charge in [0.05, 0.1) is 16.8 Å². The van der Waals surface area contributed by atoms with Crippen LogP contribution in [0.25, 0.3) is 0 Å². The first-order valence-corrected chi connectivity index (χ1v) is 7.18. The quantitative estimate of drug-likeness (QED) is 0.880. The Balaban J connectivity index is 1.93. The number of aliphatic hydroxyl groups is 1. The van der Waals surface area contributed by atoms with Gasteiger partial charge in [0.2, 0.25) is 0 Å². The van der Waals surface area contributed by atoms with Crippen LogP contribution >= 0.6 is 11.3 Å². The number of nitrogens with zero attached hydrogens (tertiary/aromatic N) is 2. The molecule has 0 saturated carbocycles. The maximum absolute atomic E-state index is 9.46. The standard InChI is InChI=1S/C13H22N2OS/c1-13(2,3)12-14-10(9-17-12)8-15-6-4-11(16)5-7-15/h9,11,16H,4-8H2,1-3H3. The Hall–Kier alpha value is -0.450. The maximum atomic E-state index is 9.46. The molecule has 0 unspecified atom stereocenters. The molecule has 1 N–H and O–H groups in total. The van der Waals surface area contributed by atoms with Gasteiger partial charge in [0.1, 0.15) is 0 Å². The first-order valence-electron chi connectivity index (χ1n) is 6.30. The predicted octanol–water partition coefficient (Wildman–Crippen LogP) is 2.40. The van der Waals surface area contributed by atoms with Gasteiger partial charge in [-0.3, -0.25) is 4.90 Å². The molecule has 1 fully saturated rings. The highest BCUT2D eigenvalue weighted by Crippen LogP contribution is 2.26. The molecule has 2 rings (SSSR count). The van der Waals surface area contributed by atoms with Gasteiger partial charge in [-0.05, 0) is 12.8 Å². The SMILES string of the molecule is CC(C)(C)c1nc(CN2CCC(O)CC2)cs1. The fourth-order valence-electron chi connectivity index (χ4n) is 2.03. The highest BCUT2D eigenvalue weighted by molar-refractivity contribution is 7.09. The first-order chi connectivity index (χ1) is 7.95. The highest BCUT2D eigenvalue weighted by atomic mass is 32.1. The van der Waals surface area contributed by atoms with E-state index in [9.17, 15) is 5.11 Å². The van der Waals surface area contributed by atoms with E-state index in [0.29, 0.717) is 0 Å². The smallest absolute Gasteiger partial charge is 0.0982 e. The van der Waals surface area contributed by atoms with Crippen LogP contribution in [0.4, 0.5) is 0 Å². The van der Waals surface area contributed by atoms with E-state index in [2.05, 4.69) is 31.1 Å². The molecule has 3 nitrogen and oxygen atoms in total. The van der Waals surface area contributed by atoms with Gasteiger partial charge >= 0.3 is 0 Å². The number of likely N-dealkylation sites (tertiary alicyclic amines) is 1. The minimum Gasteiger partial charge on any atom is -0.393 e. The molecule has 0 bridgehead atoms. The van der Waals surface area contributed by atoms with Crippen LogP contribution in [0, 0.1) is 0 Å². The molecule has 0 spiro atoms. The van der Waals surface area contributed by atoms with E-state index in [1.807, 2.05) is 0 Å². The molecule has 1 aromatic rings. The second-order valence-electron chi connectivity index (χ2n) is 5.90. The third-order valence-corrected chi connectivity index (χ3v) is 4.45. The summed E-state index contributed by atoms with van der Waals surface area (Å²) < 4.78 is 0. The Labute approximate surface area is 107 Å². The Kier molecular flexibility index (Phi) is 3.85. The fraction of sp³-hybridized carbons (Fsp3) is 0.769. The summed E-state index contributed by atoms with van der Waals surface area (Å²) in [6.45, 7) is 9.51.